The normalized spacial score (nSPS) is 13.8. The number of halogens is 3. The Bertz CT molecular complexity index is 1600. The van der Waals surface area contributed by atoms with Crippen LogP contribution in [-0.2, 0) is 13.2 Å². The maximum Gasteiger partial charge on any atom is 0.434 e. The molecule has 0 amide bonds. The van der Waals surface area contributed by atoms with Crippen LogP contribution in [0.1, 0.15) is 30.1 Å². The first-order chi connectivity index (χ1) is 17.8. The summed E-state index contributed by atoms with van der Waals surface area (Å²) in [6.07, 6.45) is 3.58. The number of nitrogens with zero attached hydrogens (tertiary/aromatic N) is 5. The number of rotatable bonds is 6. The lowest BCUT2D eigenvalue weighted by atomic mass is 10.1. The van der Waals surface area contributed by atoms with Crippen molar-refractivity contribution in [3.05, 3.63) is 66.6 Å². The molecule has 188 valence electrons. The number of aromatic amines is 1. The highest BCUT2D eigenvalue weighted by Gasteiger charge is 2.34. The Hall–Kier alpha value is -4.41. The molecule has 1 fully saturated rings. The number of aryl methyl sites for hydroxylation is 1. The van der Waals surface area contributed by atoms with E-state index in [0.717, 1.165) is 41.2 Å². The van der Waals surface area contributed by atoms with Gasteiger partial charge in [-0.15, -0.1) is 0 Å². The van der Waals surface area contributed by atoms with Crippen molar-refractivity contribution < 1.29 is 22.6 Å². The van der Waals surface area contributed by atoms with Gasteiger partial charge in [-0.2, -0.15) is 13.2 Å². The topological polar surface area (TPSA) is 90.7 Å². The summed E-state index contributed by atoms with van der Waals surface area (Å²) in [6.45, 7) is 0. The summed E-state index contributed by atoms with van der Waals surface area (Å²) in [5.74, 6) is 2.15. The summed E-state index contributed by atoms with van der Waals surface area (Å²) in [5, 5.41) is 0.806. The summed E-state index contributed by atoms with van der Waals surface area (Å²) < 4.78 is 52.1. The van der Waals surface area contributed by atoms with Crippen molar-refractivity contribution in [3.63, 3.8) is 0 Å². The SMILES string of the molecule is COc1ncnc(C2CC2)c1-c1cc2c(Oc3ccc(-c4nc(C(F)(F)F)cn4C)cc3)c[nH]c2cn1. The van der Waals surface area contributed by atoms with E-state index in [1.165, 1.54) is 17.9 Å². The number of imidazole rings is 1. The van der Waals surface area contributed by atoms with Crippen molar-refractivity contribution in [3.8, 4) is 40.0 Å². The maximum atomic E-state index is 13.0. The maximum absolute atomic E-state index is 13.0. The predicted molar refractivity (Wildman–Crippen MR) is 129 cm³/mol. The Morgan fingerprint density at radius 3 is 2.54 bits per heavy atom. The second kappa shape index (κ2) is 8.61. The molecule has 6 rings (SSSR count). The third-order valence-corrected chi connectivity index (χ3v) is 6.29. The van der Waals surface area contributed by atoms with Gasteiger partial charge in [0.2, 0.25) is 5.88 Å². The van der Waals surface area contributed by atoms with Gasteiger partial charge in [-0.3, -0.25) is 4.98 Å². The van der Waals surface area contributed by atoms with E-state index in [4.69, 9.17) is 9.47 Å². The highest BCUT2D eigenvalue weighted by molar-refractivity contribution is 5.89. The zero-order valence-electron chi connectivity index (χ0n) is 19.9. The lowest BCUT2D eigenvalue weighted by Gasteiger charge is -2.11. The zero-order chi connectivity index (χ0) is 25.7. The highest BCUT2D eigenvalue weighted by atomic mass is 19.4. The molecule has 0 atom stereocenters. The number of pyridine rings is 1. The van der Waals surface area contributed by atoms with Gasteiger partial charge in [-0.05, 0) is 43.2 Å². The molecule has 0 spiro atoms. The van der Waals surface area contributed by atoms with Gasteiger partial charge in [0.05, 0.1) is 35.8 Å². The Balaban J connectivity index is 1.31. The Labute approximate surface area is 209 Å². The van der Waals surface area contributed by atoms with Crippen molar-refractivity contribution in [2.75, 3.05) is 7.11 Å². The van der Waals surface area contributed by atoms with Gasteiger partial charge in [0, 0.05) is 36.3 Å². The number of aromatic nitrogens is 6. The molecular weight excluding hydrogens is 485 g/mol. The smallest absolute Gasteiger partial charge is 0.434 e. The average Bonchev–Trinajstić information content (AvgIpc) is 3.55. The number of nitrogens with one attached hydrogen (secondary N) is 1. The molecule has 1 aliphatic carbocycles. The molecule has 0 radical (unpaired) electrons. The van der Waals surface area contributed by atoms with E-state index in [9.17, 15) is 13.2 Å². The fourth-order valence-electron chi connectivity index (χ4n) is 4.33. The minimum absolute atomic E-state index is 0.215. The molecule has 0 saturated heterocycles. The number of hydrogen-bond acceptors (Lipinski definition) is 6. The molecule has 0 unspecified atom stereocenters. The first-order valence-corrected chi connectivity index (χ1v) is 11.6. The third-order valence-electron chi connectivity index (χ3n) is 6.29. The molecule has 37 heavy (non-hydrogen) atoms. The van der Waals surface area contributed by atoms with E-state index in [-0.39, 0.29) is 5.82 Å². The molecule has 0 aliphatic heterocycles. The highest BCUT2D eigenvalue weighted by Crippen LogP contribution is 2.45. The zero-order valence-corrected chi connectivity index (χ0v) is 19.9. The van der Waals surface area contributed by atoms with Gasteiger partial charge >= 0.3 is 6.18 Å². The quantitative estimate of drug-likeness (QED) is 0.299. The van der Waals surface area contributed by atoms with E-state index in [2.05, 4.69) is 24.9 Å². The van der Waals surface area contributed by atoms with Crippen molar-refractivity contribution in [1.82, 2.24) is 29.5 Å². The van der Waals surface area contributed by atoms with Gasteiger partial charge in [0.1, 0.15) is 17.9 Å². The van der Waals surface area contributed by atoms with Gasteiger partial charge in [0.25, 0.3) is 0 Å². The van der Waals surface area contributed by atoms with E-state index in [0.29, 0.717) is 34.6 Å². The molecule has 8 nitrogen and oxygen atoms in total. The molecule has 1 aliphatic rings. The van der Waals surface area contributed by atoms with Gasteiger partial charge in [-0.1, -0.05) is 0 Å². The van der Waals surface area contributed by atoms with Gasteiger partial charge < -0.3 is 19.0 Å². The van der Waals surface area contributed by atoms with Crippen LogP contribution in [0.3, 0.4) is 0 Å². The van der Waals surface area contributed by atoms with Crippen molar-refractivity contribution >= 4 is 10.9 Å². The third kappa shape index (κ3) is 4.26. The number of hydrogen-bond donors (Lipinski definition) is 1. The summed E-state index contributed by atoms with van der Waals surface area (Å²) in [7, 11) is 3.10. The van der Waals surface area contributed by atoms with Crippen molar-refractivity contribution in [2.24, 2.45) is 7.05 Å². The molecular formula is C26H21F3N6O2. The molecule has 1 saturated carbocycles. The summed E-state index contributed by atoms with van der Waals surface area (Å²) in [4.78, 5) is 20.3. The van der Waals surface area contributed by atoms with Crippen LogP contribution in [0, 0.1) is 0 Å². The lowest BCUT2D eigenvalue weighted by molar-refractivity contribution is -0.140. The molecule has 1 aromatic carbocycles. The van der Waals surface area contributed by atoms with E-state index in [1.54, 1.807) is 43.8 Å². The summed E-state index contributed by atoms with van der Waals surface area (Å²) in [5.41, 5.74) is 2.78. The Kier molecular flexibility index (Phi) is 5.36. The fraction of sp³-hybridized carbons (Fsp3) is 0.231. The van der Waals surface area contributed by atoms with Crippen LogP contribution >= 0.6 is 0 Å². The molecule has 11 heteroatoms. The predicted octanol–water partition coefficient (Wildman–Crippen LogP) is 6.12. The van der Waals surface area contributed by atoms with Crippen LogP contribution in [0.5, 0.6) is 17.4 Å². The van der Waals surface area contributed by atoms with Crippen LogP contribution in [0.15, 0.2) is 55.2 Å². The number of ether oxygens (including phenoxy) is 2. The van der Waals surface area contributed by atoms with Crippen LogP contribution < -0.4 is 9.47 Å². The Morgan fingerprint density at radius 1 is 1.08 bits per heavy atom. The monoisotopic (exact) mass is 506 g/mol. The van der Waals surface area contributed by atoms with Crippen LogP contribution in [0.4, 0.5) is 13.2 Å². The number of H-pyrrole nitrogens is 1. The average molecular weight is 506 g/mol. The fourth-order valence-corrected chi connectivity index (χ4v) is 4.33. The number of fused-ring (bicyclic) bond motifs is 1. The van der Waals surface area contributed by atoms with E-state index in [1.807, 2.05) is 6.07 Å². The van der Waals surface area contributed by atoms with Crippen molar-refractivity contribution in [1.29, 1.82) is 0 Å². The van der Waals surface area contributed by atoms with Gasteiger partial charge in [0.15, 0.2) is 11.4 Å². The largest absolute Gasteiger partial charge is 0.480 e. The minimum Gasteiger partial charge on any atom is -0.480 e. The number of methoxy groups -OCH3 is 1. The molecule has 1 N–H and O–H groups in total. The Morgan fingerprint density at radius 2 is 1.86 bits per heavy atom. The standard InChI is InChI=1S/C26H21F3N6O2/c1-35-12-21(26(27,28)29)34-24(35)15-5-7-16(8-6-15)37-20-11-31-19-10-30-18(9-17(19)20)22-23(14-3-4-14)32-13-33-25(22)36-2/h5-14,31H,3-4H2,1-2H3. The first kappa shape index (κ1) is 23.0. The molecule has 4 aromatic heterocycles. The molecule has 5 aromatic rings. The lowest BCUT2D eigenvalue weighted by Crippen LogP contribution is -2.04. The van der Waals surface area contributed by atoms with Crippen LogP contribution in [0.25, 0.3) is 33.5 Å². The van der Waals surface area contributed by atoms with E-state index < -0.39 is 11.9 Å². The number of alkyl halides is 3. The second-order valence-corrected chi connectivity index (χ2v) is 8.87. The van der Waals surface area contributed by atoms with Gasteiger partial charge in [-0.25, -0.2) is 15.0 Å². The van der Waals surface area contributed by atoms with Crippen LogP contribution in [-0.4, -0.2) is 36.6 Å². The summed E-state index contributed by atoms with van der Waals surface area (Å²) in [6, 6.07) is 8.64. The van der Waals surface area contributed by atoms with E-state index >= 15 is 0 Å². The minimum atomic E-state index is -4.50. The summed E-state index contributed by atoms with van der Waals surface area (Å²) >= 11 is 0. The second-order valence-electron chi connectivity index (χ2n) is 8.87. The molecule has 0 bridgehead atoms. The van der Waals surface area contributed by atoms with Crippen LogP contribution in [0.2, 0.25) is 0 Å². The first-order valence-electron chi connectivity index (χ1n) is 11.6. The number of benzene rings is 1. The van der Waals surface area contributed by atoms with Crippen molar-refractivity contribution in [2.45, 2.75) is 24.9 Å². The molecule has 4 heterocycles.